The minimum Gasteiger partial charge on any atom is -0.464 e. The van der Waals surface area contributed by atoms with Crippen LogP contribution in [0.1, 0.15) is 90.4 Å². The van der Waals surface area contributed by atoms with Crippen molar-refractivity contribution in [1.29, 1.82) is 0 Å². The maximum Gasteiger partial charge on any atom is 0.328 e. The summed E-state index contributed by atoms with van der Waals surface area (Å²) >= 11 is 0. The van der Waals surface area contributed by atoms with Gasteiger partial charge < -0.3 is 10.1 Å². The maximum atomic E-state index is 11.7. The van der Waals surface area contributed by atoms with Gasteiger partial charge in [0.15, 0.2) is 0 Å². The standard InChI is InChI=1S/C20H35NO3/c1-2-3-4-5-6-7-8-9-10-11-12-13-14-15-19(22)21-18-16-17-24-20(18)23/h8-9,18H,2-7,10-17H2,1H3,(H,21,22)/b9-8+/t18-/m0/s1. The second kappa shape index (κ2) is 14.1. The van der Waals surface area contributed by atoms with Crippen LogP contribution in [0, 0.1) is 0 Å². The Morgan fingerprint density at radius 2 is 1.67 bits per heavy atom. The molecule has 24 heavy (non-hydrogen) atoms. The number of hydrogen-bond donors (Lipinski definition) is 1. The Labute approximate surface area is 147 Å². The Balaban J connectivity index is 1.84. The summed E-state index contributed by atoms with van der Waals surface area (Å²) in [6.07, 6.45) is 19.2. The molecule has 0 aromatic rings. The third kappa shape index (κ3) is 10.5. The number of hydrogen-bond acceptors (Lipinski definition) is 3. The van der Waals surface area contributed by atoms with Gasteiger partial charge in [0.1, 0.15) is 6.04 Å². The Hall–Kier alpha value is -1.32. The van der Waals surface area contributed by atoms with Crippen molar-refractivity contribution in [1.82, 2.24) is 5.32 Å². The van der Waals surface area contributed by atoms with Crippen LogP contribution in [0.25, 0.3) is 0 Å². The first-order valence-corrected chi connectivity index (χ1v) is 9.85. The van der Waals surface area contributed by atoms with Gasteiger partial charge in [-0.15, -0.1) is 0 Å². The lowest BCUT2D eigenvalue weighted by Crippen LogP contribution is -2.37. The van der Waals surface area contributed by atoms with Gasteiger partial charge in [-0.1, -0.05) is 57.6 Å². The first-order valence-electron chi connectivity index (χ1n) is 9.85. The van der Waals surface area contributed by atoms with E-state index >= 15 is 0 Å². The molecule has 1 atom stereocenters. The maximum absolute atomic E-state index is 11.7. The molecule has 1 fully saturated rings. The van der Waals surface area contributed by atoms with E-state index in [1.54, 1.807) is 0 Å². The molecule has 4 nitrogen and oxygen atoms in total. The number of carbonyl (C=O) groups excluding carboxylic acids is 2. The van der Waals surface area contributed by atoms with Gasteiger partial charge in [0, 0.05) is 12.8 Å². The molecule has 1 aliphatic rings. The first-order chi connectivity index (χ1) is 11.7. The third-order valence-corrected chi connectivity index (χ3v) is 4.44. The van der Waals surface area contributed by atoms with Crippen LogP contribution in [0.3, 0.4) is 0 Å². The molecule has 1 saturated heterocycles. The van der Waals surface area contributed by atoms with Crippen LogP contribution in [0.4, 0.5) is 0 Å². The molecule has 0 saturated carbocycles. The molecule has 0 aliphatic carbocycles. The van der Waals surface area contributed by atoms with E-state index in [1.807, 2.05) is 0 Å². The summed E-state index contributed by atoms with van der Waals surface area (Å²) in [5, 5.41) is 2.75. The minimum absolute atomic E-state index is 0.0261. The van der Waals surface area contributed by atoms with Gasteiger partial charge in [0.25, 0.3) is 0 Å². The van der Waals surface area contributed by atoms with Gasteiger partial charge >= 0.3 is 5.97 Å². The summed E-state index contributed by atoms with van der Waals surface area (Å²) in [5.74, 6) is -0.317. The van der Waals surface area contributed by atoms with Crippen molar-refractivity contribution in [3.8, 4) is 0 Å². The zero-order valence-electron chi connectivity index (χ0n) is 15.4. The van der Waals surface area contributed by atoms with Crippen LogP contribution >= 0.6 is 0 Å². The first kappa shape index (κ1) is 20.7. The minimum atomic E-state index is -0.412. The second-order valence-corrected chi connectivity index (χ2v) is 6.70. The van der Waals surface area contributed by atoms with Gasteiger partial charge in [-0.05, 0) is 32.1 Å². The van der Waals surface area contributed by atoms with Gasteiger partial charge in [-0.25, -0.2) is 4.79 Å². The molecule has 0 bridgehead atoms. The van der Waals surface area contributed by atoms with E-state index in [9.17, 15) is 9.59 Å². The topological polar surface area (TPSA) is 55.4 Å². The summed E-state index contributed by atoms with van der Waals surface area (Å²) in [7, 11) is 0. The lowest BCUT2D eigenvalue weighted by atomic mass is 10.1. The second-order valence-electron chi connectivity index (χ2n) is 6.70. The zero-order valence-corrected chi connectivity index (χ0v) is 15.4. The SMILES string of the molecule is CCCCCCC/C=C/CCCCCCC(=O)N[C@H]1CCOC1=O. The van der Waals surface area contributed by atoms with Crippen LogP contribution in [-0.2, 0) is 14.3 Å². The van der Waals surface area contributed by atoms with Crippen LogP contribution in [0.5, 0.6) is 0 Å². The highest BCUT2D eigenvalue weighted by Crippen LogP contribution is 2.10. The predicted molar refractivity (Wildman–Crippen MR) is 97.7 cm³/mol. The quantitative estimate of drug-likeness (QED) is 0.284. The van der Waals surface area contributed by atoms with Crippen molar-refractivity contribution < 1.29 is 14.3 Å². The number of carbonyl (C=O) groups is 2. The summed E-state index contributed by atoms with van der Waals surface area (Å²) in [4.78, 5) is 23.0. The molecule has 1 amide bonds. The Morgan fingerprint density at radius 3 is 2.25 bits per heavy atom. The number of amides is 1. The van der Waals surface area contributed by atoms with Crippen molar-refractivity contribution in [3.63, 3.8) is 0 Å². The van der Waals surface area contributed by atoms with E-state index in [4.69, 9.17) is 4.74 Å². The highest BCUT2D eigenvalue weighted by atomic mass is 16.5. The van der Waals surface area contributed by atoms with Crippen molar-refractivity contribution in [2.75, 3.05) is 6.61 Å². The van der Waals surface area contributed by atoms with E-state index in [-0.39, 0.29) is 11.9 Å². The average molecular weight is 338 g/mol. The van der Waals surface area contributed by atoms with Crippen molar-refractivity contribution in [2.24, 2.45) is 0 Å². The van der Waals surface area contributed by atoms with E-state index in [2.05, 4.69) is 24.4 Å². The fourth-order valence-corrected chi connectivity index (χ4v) is 2.90. The molecule has 0 unspecified atom stereocenters. The zero-order chi connectivity index (χ0) is 17.5. The average Bonchev–Trinajstić information content (AvgIpc) is 2.97. The van der Waals surface area contributed by atoms with Crippen molar-refractivity contribution in [2.45, 2.75) is 96.4 Å². The summed E-state index contributed by atoms with van der Waals surface area (Å²) in [6.45, 7) is 2.67. The molecular weight excluding hydrogens is 302 g/mol. The van der Waals surface area contributed by atoms with Gasteiger partial charge in [0.05, 0.1) is 6.61 Å². The molecule has 1 aliphatic heterocycles. The van der Waals surface area contributed by atoms with Crippen LogP contribution in [-0.4, -0.2) is 24.5 Å². The van der Waals surface area contributed by atoms with Gasteiger partial charge in [0.2, 0.25) is 5.91 Å². The molecule has 0 radical (unpaired) electrons. The van der Waals surface area contributed by atoms with Gasteiger partial charge in [-0.2, -0.15) is 0 Å². The summed E-state index contributed by atoms with van der Waals surface area (Å²) < 4.78 is 4.83. The van der Waals surface area contributed by atoms with E-state index in [1.165, 1.54) is 51.4 Å². The number of allylic oxidation sites excluding steroid dienone is 2. The third-order valence-electron chi connectivity index (χ3n) is 4.44. The number of esters is 1. The molecule has 0 aromatic carbocycles. The van der Waals surface area contributed by atoms with Crippen LogP contribution in [0.15, 0.2) is 12.2 Å². The molecule has 0 aromatic heterocycles. The number of ether oxygens (including phenoxy) is 1. The van der Waals surface area contributed by atoms with E-state index in [0.29, 0.717) is 19.4 Å². The molecule has 0 spiro atoms. The fourth-order valence-electron chi connectivity index (χ4n) is 2.90. The number of cyclic esters (lactones) is 1. The lowest BCUT2D eigenvalue weighted by molar-refractivity contribution is -0.141. The van der Waals surface area contributed by atoms with Crippen LogP contribution < -0.4 is 5.32 Å². The lowest BCUT2D eigenvalue weighted by Gasteiger charge is -2.08. The largest absolute Gasteiger partial charge is 0.464 e. The predicted octanol–water partition coefficient (Wildman–Crippen LogP) is 4.68. The van der Waals surface area contributed by atoms with Crippen LogP contribution in [0.2, 0.25) is 0 Å². The molecule has 4 heteroatoms. The molecule has 1 N–H and O–H groups in total. The fraction of sp³-hybridized carbons (Fsp3) is 0.800. The smallest absolute Gasteiger partial charge is 0.328 e. The summed E-state index contributed by atoms with van der Waals surface area (Å²) in [6, 6.07) is -0.412. The summed E-state index contributed by atoms with van der Waals surface area (Å²) in [5.41, 5.74) is 0. The normalized spacial score (nSPS) is 17.4. The number of rotatable bonds is 14. The number of unbranched alkanes of at least 4 members (excludes halogenated alkanes) is 9. The van der Waals surface area contributed by atoms with Gasteiger partial charge in [-0.3, -0.25) is 4.79 Å². The van der Waals surface area contributed by atoms with Crippen molar-refractivity contribution >= 4 is 11.9 Å². The number of nitrogens with one attached hydrogen (secondary N) is 1. The van der Waals surface area contributed by atoms with E-state index < -0.39 is 6.04 Å². The molecule has 1 rings (SSSR count). The Morgan fingerprint density at radius 1 is 1.04 bits per heavy atom. The molecular formula is C20H35NO3. The Bertz CT molecular complexity index is 379. The molecule has 1 heterocycles. The molecule has 138 valence electrons. The van der Waals surface area contributed by atoms with E-state index in [0.717, 1.165) is 19.3 Å². The highest BCUT2D eigenvalue weighted by Gasteiger charge is 2.27. The Kier molecular flexibility index (Phi) is 12.1. The highest BCUT2D eigenvalue weighted by molar-refractivity contribution is 5.85. The monoisotopic (exact) mass is 337 g/mol. The van der Waals surface area contributed by atoms with Crippen molar-refractivity contribution in [3.05, 3.63) is 12.2 Å².